The van der Waals surface area contributed by atoms with Crippen LogP contribution in [0.1, 0.15) is 6.92 Å². The SMILES string of the molecule is C=C(C)C(=O)Nc1ccc(N=NS(=O)(=O)[O-])cc1OC.[Na+]. The van der Waals surface area contributed by atoms with Crippen LogP contribution in [0.15, 0.2) is 40.0 Å². The molecule has 108 valence electrons. The fraction of sp³-hybridized carbons (Fsp3) is 0.182. The van der Waals surface area contributed by atoms with Gasteiger partial charge < -0.3 is 14.6 Å². The molecule has 0 saturated heterocycles. The average molecular weight is 321 g/mol. The van der Waals surface area contributed by atoms with Gasteiger partial charge in [0.1, 0.15) is 5.75 Å². The van der Waals surface area contributed by atoms with E-state index in [2.05, 4.69) is 21.5 Å². The molecular formula is C11H12N3NaO5S. The van der Waals surface area contributed by atoms with E-state index in [0.717, 1.165) is 0 Å². The Morgan fingerprint density at radius 1 is 1.43 bits per heavy atom. The molecule has 8 nitrogen and oxygen atoms in total. The van der Waals surface area contributed by atoms with Crippen molar-refractivity contribution >= 4 is 27.6 Å². The van der Waals surface area contributed by atoms with Crippen LogP contribution in [0.25, 0.3) is 0 Å². The molecule has 0 aliphatic rings. The number of benzene rings is 1. The molecule has 1 amide bonds. The third-order valence-electron chi connectivity index (χ3n) is 2.08. The minimum Gasteiger partial charge on any atom is -0.728 e. The first-order valence-electron chi connectivity index (χ1n) is 5.26. The maximum absolute atomic E-state index is 11.5. The molecule has 0 aliphatic carbocycles. The van der Waals surface area contributed by atoms with Crippen LogP contribution in [0.3, 0.4) is 0 Å². The Morgan fingerprint density at radius 2 is 2.05 bits per heavy atom. The summed E-state index contributed by atoms with van der Waals surface area (Å²) in [5.74, 6) is -0.154. The standard InChI is InChI=1S/C11H13N3O5S.Na/c1-7(2)11(15)12-9-5-4-8(6-10(9)19-3)13-14-20(16,17)18;/h4-6H,1H2,2-3H3,(H,12,15)(H,16,17,18);/q;+1/p-1. The number of hydrogen-bond acceptors (Lipinski definition) is 6. The Hall–Kier alpha value is -1.26. The number of ether oxygens (including phenoxy) is 1. The molecule has 0 fully saturated rings. The molecule has 1 rings (SSSR count). The van der Waals surface area contributed by atoms with Crippen LogP contribution in [0.4, 0.5) is 11.4 Å². The zero-order valence-electron chi connectivity index (χ0n) is 11.8. The van der Waals surface area contributed by atoms with Crippen molar-refractivity contribution in [3.8, 4) is 5.75 Å². The Morgan fingerprint density at radius 3 is 2.52 bits per heavy atom. The van der Waals surface area contributed by atoms with E-state index in [1.807, 2.05) is 0 Å². The fourth-order valence-electron chi connectivity index (χ4n) is 1.17. The van der Waals surface area contributed by atoms with Crippen LogP contribution in [0.5, 0.6) is 5.75 Å². The Bertz CT molecular complexity index is 672. The van der Waals surface area contributed by atoms with Gasteiger partial charge in [-0.15, -0.1) is 5.11 Å². The molecule has 0 aromatic heterocycles. The van der Waals surface area contributed by atoms with Gasteiger partial charge >= 0.3 is 29.6 Å². The number of methoxy groups -OCH3 is 1. The van der Waals surface area contributed by atoms with Gasteiger partial charge in [-0.25, -0.2) is 8.42 Å². The van der Waals surface area contributed by atoms with Crippen molar-refractivity contribution in [1.29, 1.82) is 0 Å². The van der Waals surface area contributed by atoms with E-state index in [0.29, 0.717) is 11.3 Å². The van der Waals surface area contributed by atoms with E-state index < -0.39 is 10.3 Å². The molecule has 1 aromatic rings. The molecular weight excluding hydrogens is 309 g/mol. The zero-order chi connectivity index (χ0) is 15.3. The van der Waals surface area contributed by atoms with Crippen LogP contribution in [-0.2, 0) is 15.1 Å². The van der Waals surface area contributed by atoms with Gasteiger partial charge in [0.2, 0.25) is 10.3 Å². The van der Waals surface area contributed by atoms with E-state index >= 15 is 0 Å². The summed E-state index contributed by atoms with van der Waals surface area (Å²) in [5.41, 5.74) is 0.757. The van der Waals surface area contributed by atoms with E-state index in [4.69, 9.17) is 4.74 Å². The second-order valence-corrected chi connectivity index (χ2v) is 4.75. The molecule has 0 atom stereocenters. The number of carbonyl (C=O) groups excluding carboxylic acids is 1. The maximum atomic E-state index is 11.5. The van der Waals surface area contributed by atoms with Gasteiger partial charge in [-0.2, -0.15) is 0 Å². The molecule has 1 N–H and O–H groups in total. The number of nitrogens with zero attached hydrogens (tertiary/aromatic N) is 2. The average Bonchev–Trinajstić information content (AvgIpc) is 2.36. The van der Waals surface area contributed by atoms with Gasteiger partial charge in [-0.3, -0.25) is 4.79 Å². The third-order valence-corrected chi connectivity index (χ3v) is 2.36. The van der Waals surface area contributed by atoms with Crippen molar-refractivity contribution in [3.63, 3.8) is 0 Å². The molecule has 0 radical (unpaired) electrons. The number of carbonyl (C=O) groups is 1. The van der Waals surface area contributed by atoms with E-state index in [-0.39, 0.29) is 46.9 Å². The van der Waals surface area contributed by atoms with Crippen molar-refractivity contribution in [2.45, 2.75) is 6.92 Å². The Kier molecular flexibility index (Phi) is 7.75. The summed E-state index contributed by atoms with van der Waals surface area (Å²) in [5, 5.41) is 5.80. The topological polar surface area (TPSA) is 120 Å². The summed E-state index contributed by atoms with van der Waals surface area (Å²) in [6.07, 6.45) is 0. The minimum absolute atomic E-state index is 0. The molecule has 0 aliphatic heterocycles. The minimum atomic E-state index is -4.80. The van der Waals surface area contributed by atoms with Gasteiger partial charge in [0, 0.05) is 11.6 Å². The van der Waals surface area contributed by atoms with Gasteiger partial charge in [-0.05, 0) is 19.1 Å². The molecule has 10 heteroatoms. The first-order valence-corrected chi connectivity index (χ1v) is 6.63. The summed E-state index contributed by atoms with van der Waals surface area (Å²) < 4.78 is 38.6. The zero-order valence-corrected chi connectivity index (χ0v) is 14.6. The molecule has 0 heterocycles. The largest absolute Gasteiger partial charge is 1.00 e. The molecule has 21 heavy (non-hydrogen) atoms. The summed E-state index contributed by atoms with van der Waals surface area (Å²) in [7, 11) is -3.44. The van der Waals surface area contributed by atoms with E-state index in [1.165, 1.54) is 25.3 Å². The first-order chi connectivity index (χ1) is 9.23. The second kappa shape index (κ2) is 8.25. The van der Waals surface area contributed by atoms with Crippen molar-refractivity contribution in [3.05, 3.63) is 30.4 Å². The number of amides is 1. The van der Waals surface area contributed by atoms with Gasteiger partial charge in [0.25, 0.3) is 5.91 Å². The van der Waals surface area contributed by atoms with Crippen LogP contribution in [-0.4, -0.2) is 26.0 Å². The van der Waals surface area contributed by atoms with Crippen LogP contribution in [0, 0.1) is 0 Å². The van der Waals surface area contributed by atoms with Crippen molar-refractivity contribution in [1.82, 2.24) is 0 Å². The number of anilines is 1. The second-order valence-electron chi connectivity index (χ2n) is 3.73. The molecule has 0 bridgehead atoms. The molecule has 1 aromatic carbocycles. The molecule has 0 spiro atoms. The molecule has 0 saturated carbocycles. The van der Waals surface area contributed by atoms with Gasteiger partial charge in [-0.1, -0.05) is 11.1 Å². The first kappa shape index (κ1) is 19.7. The monoisotopic (exact) mass is 321 g/mol. The van der Waals surface area contributed by atoms with Crippen molar-refractivity contribution in [2.75, 3.05) is 12.4 Å². The number of hydrogen-bond donors (Lipinski definition) is 1. The van der Waals surface area contributed by atoms with E-state index in [1.54, 1.807) is 6.92 Å². The maximum Gasteiger partial charge on any atom is 1.00 e. The Labute approximate surface area is 144 Å². The fourth-order valence-corrected chi connectivity index (χ4v) is 1.37. The number of nitrogens with one attached hydrogen (secondary N) is 1. The van der Waals surface area contributed by atoms with E-state index in [9.17, 15) is 17.8 Å². The summed E-state index contributed by atoms with van der Waals surface area (Å²) >= 11 is 0. The van der Waals surface area contributed by atoms with Crippen LogP contribution in [0.2, 0.25) is 0 Å². The summed E-state index contributed by atoms with van der Waals surface area (Å²) in [4.78, 5) is 11.5. The van der Waals surface area contributed by atoms with Gasteiger partial charge in [0.05, 0.1) is 18.5 Å². The van der Waals surface area contributed by atoms with Crippen LogP contribution >= 0.6 is 0 Å². The predicted molar refractivity (Wildman–Crippen MR) is 70.7 cm³/mol. The van der Waals surface area contributed by atoms with Gasteiger partial charge in [0.15, 0.2) is 0 Å². The number of rotatable bonds is 5. The van der Waals surface area contributed by atoms with Crippen molar-refractivity contribution < 1.29 is 52.1 Å². The third kappa shape index (κ3) is 6.82. The van der Waals surface area contributed by atoms with Crippen LogP contribution < -0.4 is 39.6 Å². The summed E-state index contributed by atoms with van der Waals surface area (Å²) in [6.45, 7) is 5.04. The molecule has 0 unspecified atom stereocenters. The predicted octanol–water partition coefficient (Wildman–Crippen LogP) is -1.24. The van der Waals surface area contributed by atoms with Crippen molar-refractivity contribution in [2.24, 2.45) is 9.63 Å². The quantitative estimate of drug-likeness (QED) is 0.315. The Balaban J connectivity index is 0.00000400. The smallest absolute Gasteiger partial charge is 0.728 e. The summed E-state index contributed by atoms with van der Waals surface area (Å²) in [6, 6.07) is 4.12. The normalized spacial score (nSPS) is 10.8.